The molecule has 22 heavy (non-hydrogen) atoms. The Labute approximate surface area is 137 Å². The minimum absolute atomic E-state index is 0.0869. The third-order valence-electron chi connectivity index (χ3n) is 3.66. The van der Waals surface area contributed by atoms with Crippen LogP contribution in [0.1, 0.15) is 29.5 Å². The van der Waals surface area contributed by atoms with E-state index in [2.05, 4.69) is 36.5 Å². The van der Waals surface area contributed by atoms with Crippen LogP contribution in [-0.4, -0.2) is 12.5 Å². The summed E-state index contributed by atoms with van der Waals surface area (Å²) in [6, 6.07) is 16.2. The van der Waals surface area contributed by atoms with E-state index in [1.54, 1.807) is 0 Å². The molecule has 0 heterocycles. The van der Waals surface area contributed by atoms with E-state index in [1.807, 2.05) is 24.3 Å². The lowest BCUT2D eigenvalue weighted by Gasteiger charge is -2.07. The molecule has 0 aromatic heterocycles. The van der Waals surface area contributed by atoms with E-state index in [1.165, 1.54) is 11.1 Å². The van der Waals surface area contributed by atoms with Crippen LogP contribution < -0.4 is 5.32 Å². The molecule has 2 nitrogen and oxygen atoms in total. The zero-order chi connectivity index (χ0) is 15.8. The minimum Gasteiger partial charge on any atom is -0.356 e. The lowest BCUT2D eigenvalue weighted by atomic mass is 10.1. The molecule has 116 valence electrons. The lowest BCUT2D eigenvalue weighted by Crippen LogP contribution is -2.25. The average Bonchev–Trinajstić information content (AvgIpc) is 2.52. The summed E-state index contributed by atoms with van der Waals surface area (Å²) in [6.07, 6.45) is 3.11. The summed E-state index contributed by atoms with van der Waals surface area (Å²) in [5, 5.41) is 3.70. The van der Waals surface area contributed by atoms with Crippen molar-refractivity contribution >= 4 is 17.5 Å². The molecule has 0 radical (unpaired) electrons. The van der Waals surface area contributed by atoms with Crippen LogP contribution in [0.5, 0.6) is 0 Å². The van der Waals surface area contributed by atoms with Gasteiger partial charge < -0.3 is 5.32 Å². The number of benzene rings is 2. The maximum Gasteiger partial charge on any atom is 0.220 e. The second-order valence-electron chi connectivity index (χ2n) is 5.53. The Morgan fingerprint density at radius 2 is 1.77 bits per heavy atom. The standard InChI is InChI=1S/C19H22ClNO/c1-15-8-10-16(11-9-15)5-4-14-21-19(22)13-12-17-6-2-3-7-18(17)20/h2-3,6-11H,4-5,12-14H2,1H3,(H,21,22). The van der Waals surface area contributed by atoms with E-state index >= 15 is 0 Å². The quantitative estimate of drug-likeness (QED) is 0.757. The number of amides is 1. The molecule has 1 amide bonds. The van der Waals surface area contributed by atoms with Crippen molar-refractivity contribution in [3.63, 3.8) is 0 Å². The summed E-state index contributed by atoms with van der Waals surface area (Å²) in [5.74, 6) is 0.0869. The van der Waals surface area contributed by atoms with Gasteiger partial charge in [0, 0.05) is 18.0 Å². The van der Waals surface area contributed by atoms with Crippen molar-refractivity contribution in [2.75, 3.05) is 6.54 Å². The molecular formula is C19H22ClNO. The molecular weight excluding hydrogens is 294 g/mol. The zero-order valence-corrected chi connectivity index (χ0v) is 13.7. The summed E-state index contributed by atoms with van der Waals surface area (Å²) >= 11 is 6.08. The molecule has 0 saturated heterocycles. The molecule has 2 rings (SSSR count). The van der Waals surface area contributed by atoms with E-state index in [9.17, 15) is 4.79 Å². The van der Waals surface area contributed by atoms with Crippen LogP contribution in [0.25, 0.3) is 0 Å². The first-order valence-corrected chi connectivity index (χ1v) is 8.08. The fourth-order valence-corrected chi connectivity index (χ4v) is 2.54. The van der Waals surface area contributed by atoms with Crippen molar-refractivity contribution in [1.29, 1.82) is 0 Å². The van der Waals surface area contributed by atoms with Crippen molar-refractivity contribution in [3.05, 3.63) is 70.2 Å². The predicted octanol–water partition coefficient (Wildman–Crippen LogP) is 4.33. The first-order valence-electron chi connectivity index (χ1n) is 7.71. The topological polar surface area (TPSA) is 29.1 Å². The van der Waals surface area contributed by atoms with Crippen LogP contribution in [0.3, 0.4) is 0 Å². The van der Waals surface area contributed by atoms with E-state index in [0.717, 1.165) is 30.0 Å². The van der Waals surface area contributed by atoms with Gasteiger partial charge in [-0.15, -0.1) is 0 Å². The van der Waals surface area contributed by atoms with Crippen LogP contribution in [0.2, 0.25) is 5.02 Å². The first kappa shape index (κ1) is 16.6. The van der Waals surface area contributed by atoms with Crippen molar-refractivity contribution in [2.45, 2.75) is 32.6 Å². The Balaban J connectivity index is 1.64. The smallest absolute Gasteiger partial charge is 0.220 e. The van der Waals surface area contributed by atoms with Gasteiger partial charge in [-0.3, -0.25) is 4.79 Å². The largest absolute Gasteiger partial charge is 0.356 e. The molecule has 0 aliphatic heterocycles. The summed E-state index contributed by atoms with van der Waals surface area (Å²) in [5.41, 5.74) is 3.62. The molecule has 0 unspecified atom stereocenters. The Kier molecular flexibility index (Phi) is 6.47. The normalized spacial score (nSPS) is 10.5. The predicted molar refractivity (Wildman–Crippen MR) is 92.3 cm³/mol. The fraction of sp³-hybridized carbons (Fsp3) is 0.316. The van der Waals surface area contributed by atoms with Gasteiger partial charge in [-0.1, -0.05) is 59.6 Å². The monoisotopic (exact) mass is 315 g/mol. The first-order chi connectivity index (χ1) is 10.6. The number of hydrogen-bond acceptors (Lipinski definition) is 1. The number of carbonyl (C=O) groups is 1. The van der Waals surface area contributed by atoms with E-state index in [4.69, 9.17) is 11.6 Å². The number of halogens is 1. The summed E-state index contributed by atoms with van der Waals surface area (Å²) in [7, 11) is 0. The van der Waals surface area contributed by atoms with Crippen molar-refractivity contribution in [2.24, 2.45) is 0 Å². The Bertz CT molecular complexity index is 607. The molecule has 3 heteroatoms. The second-order valence-corrected chi connectivity index (χ2v) is 5.94. The van der Waals surface area contributed by atoms with Gasteiger partial charge >= 0.3 is 0 Å². The van der Waals surface area contributed by atoms with E-state index < -0.39 is 0 Å². The number of aryl methyl sites for hydroxylation is 3. The maximum absolute atomic E-state index is 11.8. The van der Waals surface area contributed by atoms with Gasteiger partial charge in [0.2, 0.25) is 5.91 Å². The molecule has 0 saturated carbocycles. The van der Waals surface area contributed by atoms with E-state index in [-0.39, 0.29) is 5.91 Å². The number of nitrogens with one attached hydrogen (secondary N) is 1. The van der Waals surface area contributed by atoms with Crippen LogP contribution in [0.15, 0.2) is 48.5 Å². The molecule has 0 atom stereocenters. The fourth-order valence-electron chi connectivity index (χ4n) is 2.31. The molecule has 0 fully saturated rings. The van der Waals surface area contributed by atoms with Gasteiger partial charge in [0.05, 0.1) is 0 Å². The Morgan fingerprint density at radius 3 is 2.50 bits per heavy atom. The van der Waals surface area contributed by atoms with Crippen LogP contribution in [0.4, 0.5) is 0 Å². The molecule has 2 aromatic rings. The molecule has 1 N–H and O–H groups in total. The zero-order valence-electron chi connectivity index (χ0n) is 12.9. The van der Waals surface area contributed by atoms with Crippen molar-refractivity contribution in [3.8, 4) is 0 Å². The van der Waals surface area contributed by atoms with Gasteiger partial charge in [-0.05, 0) is 43.4 Å². The highest BCUT2D eigenvalue weighted by molar-refractivity contribution is 6.31. The SMILES string of the molecule is Cc1ccc(CCCNC(=O)CCc2ccccc2Cl)cc1. The lowest BCUT2D eigenvalue weighted by molar-refractivity contribution is -0.121. The van der Waals surface area contributed by atoms with Crippen LogP contribution in [0, 0.1) is 6.92 Å². The van der Waals surface area contributed by atoms with Crippen molar-refractivity contribution < 1.29 is 4.79 Å². The third kappa shape index (κ3) is 5.53. The molecule has 0 aliphatic carbocycles. The minimum atomic E-state index is 0.0869. The summed E-state index contributed by atoms with van der Waals surface area (Å²) in [4.78, 5) is 11.8. The summed E-state index contributed by atoms with van der Waals surface area (Å²) in [6.45, 7) is 2.80. The van der Waals surface area contributed by atoms with E-state index in [0.29, 0.717) is 12.8 Å². The molecule has 0 bridgehead atoms. The molecule has 2 aromatic carbocycles. The number of carbonyl (C=O) groups excluding carboxylic acids is 1. The molecule has 0 spiro atoms. The Morgan fingerprint density at radius 1 is 1.05 bits per heavy atom. The van der Waals surface area contributed by atoms with Gasteiger partial charge in [0.1, 0.15) is 0 Å². The van der Waals surface area contributed by atoms with Crippen molar-refractivity contribution in [1.82, 2.24) is 5.32 Å². The van der Waals surface area contributed by atoms with Crippen LogP contribution in [-0.2, 0) is 17.6 Å². The van der Waals surface area contributed by atoms with Gasteiger partial charge in [-0.25, -0.2) is 0 Å². The van der Waals surface area contributed by atoms with Gasteiger partial charge in [0.15, 0.2) is 0 Å². The van der Waals surface area contributed by atoms with Crippen LogP contribution >= 0.6 is 11.6 Å². The number of hydrogen-bond donors (Lipinski definition) is 1. The highest BCUT2D eigenvalue weighted by Gasteiger charge is 2.04. The summed E-state index contributed by atoms with van der Waals surface area (Å²) < 4.78 is 0. The second kappa shape index (κ2) is 8.60. The van der Waals surface area contributed by atoms with Gasteiger partial charge in [0.25, 0.3) is 0 Å². The maximum atomic E-state index is 11.8. The average molecular weight is 316 g/mol. The van der Waals surface area contributed by atoms with Gasteiger partial charge in [-0.2, -0.15) is 0 Å². The highest BCUT2D eigenvalue weighted by Crippen LogP contribution is 2.16. The third-order valence-corrected chi connectivity index (χ3v) is 4.03. The number of rotatable bonds is 7. The highest BCUT2D eigenvalue weighted by atomic mass is 35.5. The Hall–Kier alpha value is -1.80. The molecule has 0 aliphatic rings.